The average molecular weight is 287 g/mol. The third kappa shape index (κ3) is 3.05. The normalized spacial score (nSPS) is 17.1. The summed E-state index contributed by atoms with van der Waals surface area (Å²) in [6, 6.07) is 9.21. The van der Waals surface area contributed by atoms with Crippen LogP contribution in [0.5, 0.6) is 5.75 Å². The number of ether oxygens (including phenoxy) is 1. The van der Waals surface area contributed by atoms with Gasteiger partial charge in [0.05, 0.1) is 0 Å². The van der Waals surface area contributed by atoms with Crippen LogP contribution in [-0.2, 0) is 13.0 Å². The Kier molecular flexibility index (Phi) is 4.38. The molecule has 1 aliphatic rings. The van der Waals surface area contributed by atoms with Gasteiger partial charge in [-0.05, 0) is 71.5 Å². The predicted octanol–water partition coefficient (Wildman–Crippen LogP) is 4.31. The molecule has 1 aliphatic carbocycles. The zero-order valence-electron chi connectivity index (χ0n) is 11.9. The lowest BCUT2D eigenvalue weighted by atomic mass is 10.1. The van der Waals surface area contributed by atoms with Crippen LogP contribution in [-0.4, -0.2) is 6.54 Å². The number of hydrogen-bond acceptors (Lipinski definition) is 3. The summed E-state index contributed by atoms with van der Waals surface area (Å²) in [5.74, 6) is 0.992. The highest BCUT2D eigenvalue weighted by Crippen LogP contribution is 2.33. The van der Waals surface area contributed by atoms with Gasteiger partial charge in [0.2, 0.25) is 0 Å². The maximum atomic E-state index is 5.88. The van der Waals surface area contributed by atoms with E-state index in [2.05, 4.69) is 47.3 Å². The third-order valence-electron chi connectivity index (χ3n) is 3.82. The Morgan fingerprint density at radius 2 is 2.30 bits per heavy atom. The van der Waals surface area contributed by atoms with Crippen LogP contribution in [0.3, 0.4) is 0 Å². The van der Waals surface area contributed by atoms with E-state index in [1.807, 2.05) is 0 Å². The number of benzene rings is 1. The van der Waals surface area contributed by atoms with Crippen molar-refractivity contribution < 1.29 is 4.74 Å². The number of nitrogens with one attached hydrogen (secondary N) is 1. The van der Waals surface area contributed by atoms with Crippen LogP contribution in [0.15, 0.2) is 35.0 Å². The molecule has 2 aromatic rings. The van der Waals surface area contributed by atoms with Crippen LogP contribution >= 0.6 is 11.3 Å². The highest BCUT2D eigenvalue weighted by Gasteiger charge is 2.21. The molecule has 0 radical (unpaired) electrons. The van der Waals surface area contributed by atoms with Gasteiger partial charge in [-0.15, -0.1) is 0 Å². The van der Waals surface area contributed by atoms with Crippen molar-refractivity contribution in [3.05, 3.63) is 51.7 Å². The second-order valence-electron chi connectivity index (χ2n) is 5.33. The van der Waals surface area contributed by atoms with Crippen molar-refractivity contribution in [3.63, 3.8) is 0 Å². The van der Waals surface area contributed by atoms with E-state index in [4.69, 9.17) is 4.74 Å². The first kappa shape index (κ1) is 13.7. The van der Waals surface area contributed by atoms with E-state index >= 15 is 0 Å². The fraction of sp³-hybridized carbons (Fsp3) is 0.412. The molecule has 1 aromatic heterocycles. The van der Waals surface area contributed by atoms with Gasteiger partial charge in [-0.25, -0.2) is 0 Å². The van der Waals surface area contributed by atoms with Gasteiger partial charge in [-0.1, -0.05) is 13.0 Å². The van der Waals surface area contributed by atoms with Gasteiger partial charge in [-0.2, -0.15) is 11.3 Å². The van der Waals surface area contributed by atoms with Crippen molar-refractivity contribution in [2.24, 2.45) is 0 Å². The van der Waals surface area contributed by atoms with E-state index in [0.29, 0.717) is 12.6 Å². The zero-order chi connectivity index (χ0) is 13.8. The van der Waals surface area contributed by atoms with Gasteiger partial charge in [-0.3, -0.25) is 0 Å². The summed E-state index contributed by atoms with van der Waals surface area (Å²) >= 11 is 1.71. The standard InChI is InChI=1S/C17H21NOS/c1-2-8-18-17-6-3-14-10-15(4-5-16(14)17)19-11-13-7-9-20-12-13/h4-5,7,9-10,12,17-18H,2-3,6,8,11H2,1H3. The first-order valence-corrected chi connectivity index (χ1v) is 8.31. The lowest BCUT2D eigenvalue weighted by Crippen LogP contribution is -2.19. The summed E-state index contributed by atoms with van der Waals surface area (Å²) in [5.41, 5.74) is 4.15. The molecule has 1 N–H and O–H groups in total. The smallest absolute Gasteiger partial charge is 0.120 e. The van der Waals surface area contributed by atoms with E-state index < -0.39 is 0 Å². The molecule has 1 aromatic carbocycles. The molecule has 0 fully saturated rings. The van der Waals surface area contributed by atoms with Gasteiger partial charge in [0.15, 0.2) is 0 Å². The van der Waals surface area contributed by atoms with Crippen LogP contribution in [0.2, 0.25) is 0 Å². The fourth-order valence-corrected chi connectivity index (χ4v) is 3.41. The van der Waals surface area contributed by atoms with Crippen LogP contribution in [0.4, 0.5) is 0 Å². The summed E-state index contributed by atoms with van der Waals surface area (Å²) in [5, 5.41) is 7.85. The Bertz CT molecular complexity index is 550. The summed E-state index contributed by atoms with van der Waals surface area (Å²) in [4.78, 5) is 0. The highest BCUT2D eigenvalue weighted by molar-refractivity contribution is 7.07. The van der Waals surface area contributed by atoms with Gasteiger partial charge >= 0.3 is 0 Å². The van der Waals surface area contributed by atoms with Crippen molar-refractivity contribution in [3.8, 4) is 5.75 Å². The summed E-state index contributed by atoms with van der Waals surface area (Å²) < 4.78 is 5.88. The molecule has 0 saturated heterocycles. The molecular weight excluding hydrogens is 266 g/mol. The molecule has 0 bridgehead atoms. The average Bonchev–Trinajstić information content (AvgIpc) is 3.12. The van der Waals surface area contributed by atoms with Crippen molar-refractivity contribution in [1.29, 1.82) is 0 Å². The summed E-state index contributed by atoms with van der Waals surface area (Å²) in [6.45, 7) is 3.98. The first-order valence-electron chi connectivity index (χ1n) is 7.37. The number of hydrogen-bond donors (Lipinski definition) is 1. The monoisotopic (exact) mass is 287 g/mol. The Morgan fingerprint density at radius 3 is 3.10 bits per heavy atom. The molecule has 1 heterocycles. The van der Waals surface area contributed by atoms with Crippen LogP contribution in [0, 0.1) is 0 Å². The second kappa shape index (κ2) is 6.42. The molecule has 0 spiro atoms. The molecule has 3 rings (SSSR count). The molecule has 106 valence electrons. The zero-order valence-corrected chi connectivity index (χ0v) is 12.7. The van der Waals surface area contributed by atoms with Gasteiger partial charge in [0, 0.05) is 6.04 Å². The van der Waals surface area contributed by atoms with E-state index in [9.17, 15) is 0 Å². The lowest BCUT2D eigenvalue weighted by Gasteiger charge is -2.14. The van der Waals surface area contributed by atoms with Crippen molar-refractivity contribution in [2.75, 3.05) is 6.54 Å². The maximum Gasteiger partial charge on any atom is 0.120 e. The topological polar surface area (TPSA) is 21.3 Å². The number of aryl methyl sites for hydroxylation is 1. The third-order valence-corrected chi connectivity index (χ3v) is 4.55. The largest absolute Gasteiger partial charge is 0.489 e. The number of thiophene rings is 1. The predicted molar refractivity (Wildman–Crippen MR) is 84.4 cm³/mol. The van der Waals surface area contributed by atoms with Crippen LogP contribution in [0.25, 0.3) is 0 Å². The van der Waals surface area contributed by atoms with E-state index in [1.54, 1.807) is 11.3 Å². The molecule has 1 atom stereocenters. The SMILES string of the molecule is CCCNC1CCc2cc(OCc3ccsc3)ccc21. The van der Waals surface area contributed by atoms with E-state index in [-0.39, 0.29) is 0 Å². The second-order valence-corrected chi connectivity index (χ2v) is 6.11. The molecule has 2 nitrogen and oxygen atoms in total. The Balaban J connectivity index is 1.64. The fourth-order valence-electron chi connectivity index (χ4n) is 2.76. The van der Waals surface area contributed by atoms with Gasteiger partial charge in [0.1, 0.15) is 12.4 Å². The van der Waals surface area contributed by atoms with Crippen molar-refractivity contribution in [2.45, 2.75) is 38.8 Å². The molecule has 20 heavy (non-hydrogen) atoms. The Labute approximate surface area is 124 Å². The van der Waals surface area contributed by atoms with Gasteiger partial charge < -0.3 is 10.1 Å². The molecular formula is C17H21NOS. The molecule has 0 saturated carbocycles. The molecule has 3 heteroatoms. The van der Waals surface area contributed by atoms with E-state index in [0.717, 1.165) is 18.7 Å². The van der Waals surface area contributed by atoms with Crippen molar-refractivity contribution in [1.82, 2.24) is 5.32 Å². The minimum Gasteiger partial charge on any atom is -0.489 e. The molecule has 0 amide bonds. The number of rotatable bonds is 6. The minimum absolute atomic E-state index is 0.538. The van der Waals surface area contributed by atoms with E-state index in [1.165, 1.54) is 29.5 Å². The highest BCUT2D eigenvalue weighted by atomic mass is 32.1. The lowest BCUT2D eigenvalue weighted by molar-refractivity contribution is 0.306. The number of fused-ring (bicyclic) bond motifs is 1. The van der Waals surface area contributed by atoms with Gasteiger partial charge in [0.25, 0.3) is 0 Å². The minimum atomic E-state index is 0.538. The van der Waals surface area contributed by atoms with Crippen LogP contribution < -0.4 is 10.1 Å². The quantitative estimate of drug-likeness (QED) is 0.854. The molecule has 0 aliphatic heterocycles. The summed E-state index contributed by atoms with van der Waals surface area (Å²) in [6.07, 6.45) is 3.56. The maximum absolute atomic E-state index is 5.88. The van der Waals surface area contributed by atoms with Crippen LogP contribution in [0.1, 0.15) is 42.5 Å². The molecule has 1 unspecified atom stereocenters. The Morgan fingerprint density at radius 1 is 1.35 bits per heavy atom. The van der Waals surface area contributed by atoms with Crippen molar-refractivity contribution >= 4 is 11.3 Å². The Hall–Kier alpha value is -1.32. The summed E-state index contributed by atoms with van der Waals surface area (Å²) in [7, 11) is 0. The first-order chi connectivity index (χ1) is 9.86.